The van der Waals surface area contributed by atoms with Crippen LogP contribution in [0.15, 0.2) is 30.5 Å². The number of carboxylic acids is 1. The second kappa shape index (κ2) is 6.48. The van der Waals surface area contributed by atoms with Crippen LogP contribution >= 0.6 is 0 Å². The SMILES string of the molecule is CC1CC=CCC1COCc1ccc(C(=O)O)cn1. The number of carboxylic acid groups (broad SMARTS) is 1. The largest absolute Gasteiger partial charge is 0.478 e. The lowest BCUT2D eigenvalue weighted by Gasteiger charge is -2.24. The summed E-state index contributed by atoms with van der Waals surface area (Å²) in [5.41, 5.74) is 0.971. The zero-order valence-corrected chi connectivity index (χ0v) is 11.1. The average Bonchev–Trinajstić information content (AvgIpc) is 2.41. The van der Waals surface area contributed by atoms with Gasteiger partial charge in [-0.3, -0.25) is 4.98 Å². The van der Waals surface area contributed by atoms with Crippen molar-refractivity contribution in [2.75, 3.05) is 6.61 Å². The molecule has 0 aromatic carbocycles. The first-order valence-corrected chi connectivity index (χ1v) is 6.58. The topological polar surface area (TPSA) is 59.4 Å². The molecule has 1 heterocycles. The third kappa shape index (κ3) is 3.89. The lowest BCUT2D eigenvalue weighted by molar-refractivity contribution is 0.0658. The van der Waals surface area contributed by atoms with Crippen molar-refractivity contribution in [2.24, 2.45) is 11.8 Å². The standard InChI is InChI=1S/C15H19NO3/c1-11-4-2-3-5-13(11)9-19-10-14-7-6-12(8-16-14)15(17)18/h2-3,6-8,11,13H,4-5,9-10H2,1H3,(H,17,18). The Bertz CT molecular complexity index is 453. The van der Waals surface area contributed by atoms with Gasteiger partial charge in [-0.15, -0.1) is 0 Å². The Kier molecular flexibility index (Phi) is 4.68. The molecule has 0 radical (unpaired) electrons. The van der Waals surface area contributed by atoms with Gasteiger partial charge >= 0.3 is 5.97 Å². The first kappa shape index (κ1) is 13.7. The molecule has 0 spiro atoms. The number of pyridine rings is 1. The molecule has 4 nitrogen and oxygen atoms in total. The van der Waals surface area contributed by atoms with Gasteiger partial charge in [0, 0.05) is 6.20 Å². The van der Waals surface area contributed by atoms with Crippen molar-refractivity contribution in [2.45, 2.75) is 26.4 Å². The number of aromatic nitrogens is 1. The monoisotopic (exact) mass is 261 g/mol. The molecule has 1 aliphatic rings. The molecule has 1 aliphatic carbocycles. The van der Waals surface area contributed by atoms with E-state index in [-0.39, 0.29) is 5.56 Å². The van der Waals surface area contributed by atoms with Gasteiger partial charge in [0.2, 0.25) is 0 Å². The summed E-state index contributed by atoms with van der Waals surface area (Å²) in [6.45, 7) is 3.41. The van der Waals surface area contributed by atoms with Gasteiger partial charge in [0.15, 0.2) is 0 Å². The van der Waals surface area contributed by atoms with Gasteiger partial charge in [-0.2, -0.15) is 0 Å². The molecule has 2 rings (SSSR count). The summed E-state index contributed by atoms with van der Waals surface area (Å²) in [5.74, 6) is 0.276. The molecular weight excluding hydrogens is 242 g/mol. The van der Waals surface area contributed by atoms with Gasteiger partial charge in [-0.25, -0.2) is 4.79 Å². The van der Waals surface area contributed by atoms with E-state index >= 15 is 0 Å². The van der Waals surface area contributed by atoms with Crippen LogP contribution < -0.4 is 0 Å². The van der Waals surface area contributed by atoms with Crippen molar-refractivity contribution in [3.8, 4) is 0 Å². The maximum atomic E-state index is 10.7. The highest BCUT2D eigenvalue weighted by molar-refractivity contribution is 5.87. The third-order valence-electron chi connectivity index (χ3n) is 3.57. The summed E-state index contributed by atoms with van der Waals surface area (Å²) in [6, 6.07) is 3.26. The summed E-state index contributed by atoms with van der Waals surface area (Å²) in [6.07, 6.45) is 8.01. The fraction of sp³-hybridized carbons (Fsp3) is 0.467. The molecule has 0 aliphatic heterocycles. The third-order valence-corrected chi connectivity index (χ3v) is 3.57. The van der Waals surface area contributed by atoms with E-state index in [0.29, 0.717) is 18.4 Å². The van der Waals surface area contributed by atoms with E-state index < -0.39 is 5.97 Å². The minimum atomic E-state index is -0.956. The highest BCUT2D eigenvalue weighted by Gasteiger charge is 2.18. The molecule has 2 unspecified atom stereocenters. The van der Waals surface area contributed by atoms with Crippen LogP contribution in [0.1, 0.15) is 35.8 Å². The van der Waals surface area contributed by atoms with Crippen molar-refractivity contribution in [3.63, 3.8) is 0 Å². The minimum Gasteiger partial charge on any atom is -0.478 e. The van der Waals surface area contributed by atoms with Crippen LogP contribution in [0.5, 0.6) is 0 Å². The predicted molar refractivity (Wildman–Crippen MR) is 71.9 cm³/mol. The second-order valence-corrected chi connectivity index (χ2v) is 5.04. The minimum absolute atomic E-state index is 0.204. The summed E-state index contributed by atoms with van der Waals surface area (Å²) in [4.78, 5) is 14.8. The highest BCUT2D eigenvalue weighted by Crippen LogP contribution is 2.25. The van der Waals surface area contributed by atoms with Crippen molar-refractivity contribution in [1.29, 1.82) is 0 Å². The van der Waals surface area contributed by atoms with Crippen LogP contribution in [0.3, 0.4) is 0 Å². The molecule has 2 atom stereocenters. The van der Waals surface area contributed by atoms with Gasteiger partial charge in [-0.05, 0) is 36.8 Å². The number of carbonyl (C=O) groups is 1. The van der Waals surface area contributed by atoms with Gasteiger partial charge in [0.1, 0.15) is 0 Å². The van der Waals surface area contributed by atoms with Crippen molar-refractivity contribution >= 4 is 5.97 Å². The van der Waals surface area contributed by atoms with Crippen LogP contribution in [0.4, 0.5) is 0 Å². The van der Waals surface area contributed by atoms with E-state index in [4.69, 9.17) is 9.84 Å². The summed E-state index contributed by atoms with van der Waals surface area (Å²) in [5, 5.41) is 8.77. The second-order valence-electron chi connectivity index (χ2n) is 5.04. The average molecular weight is 261 g/mol. The zero-order chi connectivity index (χ0) is 13.7. The Labute approximate surface area is 113 Å². The number of hydrogen-bond acceptors (Lipinski definition) is 3. The summed E-state index contributed by atoms with van der Waals surface area (Å²) in [7, 11) is 0. The Balaban J connectivity index is 1.79. The van der Waals surface area contributed by atoms with E-state index in [9.17, 15) is 4.79 Å². The Morgan fingerprint density at radius 1 is 1.42 bits per heavy atom. The fourth-order valence-corrected chi connectivity index (χ4v) is 2.19. The number of aromatic carboxylic acids is 1. The molecule has 19 heavy (non-hydrogen) atoms. The van der Waals surface area contributed by atoms with Crippen LogP contribution in [0.25, 0.3) is 0 Å². The number of hydrogen-bond donors (Lipinski definition) is 1. The maximum Gasteiger partial charge on any atom is 0.337 e. The molecule has 1 N–H and O–H groups in total. The quantitative estimate of drug-likeness (QED) is 0.828. The number of rotatable bonds is 5. The lowest BCUT2D eigenvalue weighted by Crippen LogP contribution is -2.19. The molecular formula is C15H19NO3. The predicted octanol–water partition coefficient (Wildman–Crippen LogP) is 2.90. The number of ether oxygens (including phenoxy) is 1. The lowest BCUT2D eigenvalue weighted by atomic mass is 9.85. The first-order valence-electron chi connectivity index (χ1n) is 6.58. The first-order chi connectivity index (χ1) is 9.16. The van der Waals surface area contributed by atoms with Crippen molar-refractivity contribution < 1.29 is 14.6 Å². The molecule has 0 bridgehead atoms. The van der Waals surface area contributed by atoms with E-state index in [2.05, 4.69) is 24.1 Å². The van der Waals surface area contributed by atoms with E-state index in [1.165, 1.54) is 6.20 Å². The van der Waals surface area contributed by atoms with E-state index in [0.717, 1.165) is 25.1 Å². The smallest absolute Gasteiger partial charge is 0.337 e. The zero-order valence-electron chi connectivity index (χ0n) is 11.1. The maximum absolute atomic E-state index is 10.7. The molecule has 102 valence electrons. The van der Waals surface area contributed by atoms with E-state index in [1.54, 1.807) is 12.1 Å². The Hall–Kier alpha value is -1.68. The van der Waals surface area contributed by atoms with Crippen LogP contribution in [0.2, 0.25) is 0 Å². The van der Waals surface area contributed by atoms with Crippen LogP contribution in [-0.4, -0.2) is 22.7 Å². The number of allylic oxidation sites excluding steroid dienone is 2. The molecule has 1 aromatic heterocycles. The normalized spacial score (nSPS) is 22.4. The number of nitrogens with zero attached hydrogens (tertiary/aromatic N) is 1. The summed E-state index contributed by atoms with van der Waals surface area (Å²) >= 11 is 0. The molecule has 0 fully saturated rings. The molecule has 1 aromatic rings. The van der Waals surface area contributed by atoms with Crippen molar-refractivity contribution in [3.05, 3.63) is 41.7 Å². The molecule has 0 amide bonds. The van der Waals surface area contributed by atoms with Gasteiger partial charge in [-0.1, -0.05) is 19.1 Å². The molecule has 4 heteroatoms. The van der Waals surface area contributed by atoms with Crippen LogP contribution in [0, 0.1) is 11.8 Å². The van der Waals surface area contributed by atoms with E-state index in [1.807, 2.05) is 0 Å². The summed E-state index contributed by atoms with van der Waals surface area (Å²) < 4.78 is 5.69. The fourth-order valence-electron chi connectivity index (χ4n) is 2.19. The molecule has 0 saturated heterocycles. The van der Waals surface area contributed by atoms with Gasteiger partial charge < -0.3 is 9.84 Å². The van der Waals surface area contributed by atoms with Crippen molar-refractivity contribution in [1.82, 2.24) is 4.98 Å². The Morgan fingerprint density at radius 2 is 2.21 bits per heavy atom. The van der Waals surface area contributed by atoms with Gasteiger partial charge in [0.25, 0.3) is 0 Å². The molecule has 0 saturated carbocycles. The van der Waals surface area contributed by atoms with Crippen LogP contribution in [-0.2, 0) is 11.3 Å². The Morgan fingerprint density at radius 3 is 2.84 bits per heavy atom. The highest BCUT2D eigenvalue weighted by atomic mass is 16.5. The van der Waals surface area contributed by atoms with Gasteiger partial charge in [0.05, 0.1) is 24.5 Å².